The first kappa shape index (κ1) is 12.8. The molecule has 0 bridgehead atoms. The van der Waals surface area contributed by atoms with Crippen molar-refractivity contribution in [2.45, 2.75) is 0 Å². The molecule has 0 radical (unpaired) electrons. The standard InChI is InChI=1S/C13H9N3O2S/c14-8-10(6-9-2-1-3-11(17)7-9)12(18)16-13-15-4-5-19-13/h1-7,17H,(H,15,16,18). The molecule has 0 aliphatic carbocycles. The zero-order valence-corrected chi connectivity index (χ0v) is 10.5. The number of aromatic nitrogens is 1. The van der Waals surface area contributed by atoms with Gasteiger partial charge in [0.25, 0.3) is 5.91 Å². The summed E-state index contributed by atoms with van der Waals surface area (Å²) in [6.07, 6.45) is 2.97. The third-order valence-electron chi connectivity index (χ3n) is 2.20. The molecular formula is C13H9N3O2S. The lowest BCUT2D eigenvalue weighted by Gasteiger charge is -2.00. The number of phenolic OH excluding ortho intramolecular Hbond substituents is 1. The van der Waals surface area contributed by atoms with E-state index in [0.717, 1.165) is 0 Å². The predicted molar refractivity (Wildman–Crippen MR) is 72.4 cm³/mol. The van der Waals surface area contributed by atoms with Gasteiger partial charge >= 0.3 is 0 Å². The number of nitrogens with zero attached hydrogens (tertiary/aromatic N) is 2. The van der Waals surface area contributed by atoms with Gasteiger partial charge in [0, 0.05) is 11.6 Å². The number of nitrogens with one attached hydrogen (secondary N) is 1. The van der Waals surface area contributed by atoms with Gasteiger partial charge in [0.1, 0.15) is 17.4 Å². The van der Waals surface area contributed by atoms with Crippen molar-refractivity contribution >= 4 is 28.5 Å². The molecule has 1 amide bonds. The predicted octanol–water partition coefficient (Wildman–Crippen LogP) is 2.39. The molecule has 1 heterocycles. The van der Waals surface area contributed by atoms with Crippen LogP contribution in [0.4, 0.5) is 5.13 Å². The molecule has 19 heavy (non-hydrogen) atoms. The summed E-state index contributed by atoms with van der Waals surface area (Å²) in [6.45, 7) is 0. The zero-order valence-electron chi connectivity index (χ0n) is 9.70. The van der Waals surface area contributed by atoms with Crippen molar-refractivity contribution in [3.8, 4) is 11.8 Å². The van der Waals surface area contributed by atoms with Crippen LogP contribution in [-0.4, -0.2) is 16.0 Å². The second-order valence-corrected chi connectivity index (χ2v) is 4.45. The van der Waals surface area contributed by atoms with Crippen molar-refractivity contribution in [1.29, 1.82) is 5.26 Å². The van der Waals surface area contributed by atoms with Gasteiger partial charge in [-0.3, -0.25) is 10.1 Å². The summed E-state index contributed by atoms with van der Waals surface area (Å²) in [4.78, 5) is 15.7. The SMILES string of the molecule is N#CC(=Cc1cccc(O)c1)C(=O)Nc1nccs1. The van der Waals surface area contributed by atoms with Crippen molar-refractivity contribution in [1.82, 2.24) is 4.98 Å². The molecule has 2 N–H and O–H groups in total. The Balaban J connectivity index is 2.20. The minimum Gasteiger partial charge on any atom is -0.508 e. The lowest BCUT2D eigenvalue weighted by molar-refractivity contribution is -0.112. The molecule has 1 aromatic heterocycles. The minimum atomic E-state index is -0.527. The molecule has 2 rings (SSSR count). The quantitative estimate of drug-likeness (QED) is 0.663. The number of benzene rings is 1. The normalized spacial score (nSPS) is 10.8. The second kappa shape index (κ2) is 5.80. The Morgan fingerprint density at radius 2 is 2.37 bits per heavy atom. The van der Waals surface area contributed by atoms with Crippen LogP contribution in [0.25, 0.3) is 6.08 Å². The fourth-order valence-corrected chi connectivity index (χ4v) is 1.90. The monoisotopic (exact) mass is 271 g/mol. The first-order valence-corrected chi connectivity index (χ1v) is 6.18. The Kier molecular flexibility index (Phi) is 3.90. The Morgan fingerprint density at radius 3 is 3.00 bits per heavy atom. The van der Waals surface area contributed by atoms with Crippen LogP contribution >= 0.6 is 11.3 Å². The summed E-state index contributed by atoms with van der Waals surface area (Å²) in [5.74, 6) is -0.452. The summed E-state index contributed by atoms with van der Waals surface area (Å²) in [5, 5.41) is 23.0. The van der Waals surface area contributed by atoms with Gasteiger partial charge in [0.2, 0.25) is 0 Å². The number of thiazole rings is 1. The summed E-state index contributed by atoms with van der Waals surface area (Å²) < 4.78 is 0. The Hall–Kier alpha value is -2.65. The largest absolute Gasteiger partial charge is 0.508 e. The van der Waals surface area contributed by atoms with Crippen molar-refractivity contribution in [3.63, 3.8) is 0 Å². The molecule has 94 valence electrons. The second-order valence-electron chi connectivity index (χ2n) is 3.56. The van der Waals surface area contributed by atoms with Crippen LogP contribution in [-0.2, 0) is 4.79 Å². The van der Waals surface area contributed by atoms with Gasteiger partial charge < -0.3 is 5.11 Å². The smallest absolute Gasteiger partial charge is 0.268 e. The van der Waals surface area contributed by atoms with Crippen LogP contribution in [0.2, 0.25) is 0 Å². The third kappa shape index (κ3) is 3.40. The number of aromatic hydroxyl groups is 1. The Bertz CT molecular complexity index is 657. The Morgan fingerprint density at radius 1 is 1.53 bits per heavy atom. The van der Waals surface area contributed by atoms with E-state index in [1.165, 1.54) is 29.5 Å². The average Bonchev–Trinajstić information content (AvgIpc) is 2.88. The lowest BCUT2D eigenvalue weighted by Crippen LogP contribution is -2.13. The van der Waals surface area contributed by atoms with Crippen LogP contribution in [0.15, 0.2) is 41.4 Å². The summed E-state index contributed by atoms with van der Waals surface area (Å²) in [5.41, 5.74) is 0.520. The van der Waals surface area contributed by atoms with Crippen molar-refractivity contribution < 1.29 is 9.90 Å². The maximum absolute atomic E-state index is 11.8. The number of anilines is 1. The maximum atomic E-state index is 11.8. The molecule has 0 unspecified atom stereocenters. The van der Waals surface area contributed by atoms with E-state index in [0.29, 0.717) is 10.7 Å². The number of amides is 1. The number of carbonyl (C=O) groups excluding carboxylic acids is 1. The number of nitriles is 1. The number of rotatable bonds is 3. The number of hydrogen-bond donors (Lipinski definition) is 2. The van der Waals surface area contributed by atoms with Crippen LogP contribution in [0.1, 0.15) is 5.56 Å². The van der Waals surface area contributed by atoms with Gasteiger partial charge in [-0.25, -0.2) is 4.98 Å². The molecule has 0 aliphatic heterocycles. The van der Waals surface area contributed by atoms with Gasteiger partial charge in [-0.2, -0.15) is 5.26 Å². The molecular weight excluding hydrogens is 262 g/mol. The highest BCUT2D eigenvalue weighted by Crippen LogP contribution is 2.16. The van der Waals surface area contributed by atoms with Crippen LogP contribution in [0, 0.1) is 11.3 Å². The van der Waals surface area contributed by atoms with E-state index < -0.39 is 5.91 Å². The van der Waals surface area contributed by atoms with E-state index in [-0.39, 0.29) is 11.3 Å². The van der Waals surface area contributed by atoms with Crippen LogP contribution < -0.4 is 5.32 Å². The topological polar surface area (TPSA) is 86.0 Å². The molecule has 6 heteroatoms. The Labute approximate surface area is 113 Å². The van der Waals surface area contributed by atoms with Gasteiger partial charge in [-0.15, -0.1) is 11.3 Å². The van der Waals surface area contributed by atoms with Gasteiger partial charge in [-0.05, 0) is 23.8 Å². The van der Waals surface area contributed by atoms with E-state index in [1.54, 1.807) is 23.7 Å². The van der Waals surface area contributed by atoms with Crippen molar-refractivity contribution in [3.05, 3.63) is 47.0 Å². The summed E-state index contributed by atoms with van der Waals surface area (Å²) in [6, 6.07) is 8.13. The van der Waals surface area contributed by atoms with Crippen LogP contribution in [0.5, 0.6) is 5.75 Å². The van der Waals surface area contributed by atoms with E-state index in [4.69, 9.17) is 5.26 Å². The highest BCUT2D eigenvalue weighted by Gasteiger charge is 2.10. The molecule has 0 aliphatic rings. The van der Waals surface area contributed by atoms with E-state index in [9.17, 15) is 9.90 Å². The lowest BCUT2D eigenvalue weighted by atomic mass is 10.1. The number of carbonyl (C=O) groups is 1. The minimum absolute atomic E-state index is 0.0548. The fraction of sp³-hybridized carbons (Fsp3) is 0. The zero-order chi connectivity index (χ0) is 13.7. The molecule has 0 saturated heterocycles. The average molecular weight is 271 g/mol. The van der Waals surface area contributed by atoms with E-state index in [1.807, 2.05) is 6.07 Å². The summed E-state index contributed by atoms with van der Waals surface area (Å²) in [7, 11) is 0. The van der Waals surface area contributed by atoms with Crippen LogP contribution in [0.3, 0.4) is 0 Å². The van der Waals surface area contributed by atoms with Gasteiger partial charge in [0.05, 0.1) is 0 Å². The summed E-state index contributed by atoms with van der Waals surface area (Å²) >= 11 is 1.27. The molecule has 0 spiro atoms. The van der Waals surface area contributed by atoms with E-state index >= 15 is 0 Å². The molecule has 0 fully saturated rings. The molecule has 0 saturated carbocycles. The first-order valence-electron chi connectivity index (χ1n) is 5.31. The van der Waals surface area contributed by atoms with Gasteiger partial charge in [-0.1, -0.05) is 12.1 Å². The number of hydrogen-bond acceptors (Lipinski definition) is 5. The highest BCUT2D eigenvalue weighted by atomic mass is 32.1. The van der Waals surface area contributed by atoms with Gasteiger partial charge in [0.15, 0.2) is 5.13 Å². The third-order valence-corrected chi connectivity index (χ3v) is 2.89. The van der Waals surface area contributed by atoms with Crippen molar-refractivity contribution in [2.75, 3.05) is 5.32 Å². The van der Waals surface area contributed by atoms with Crippen molar-refractivity contribution in [2.24, 2.45) is 0 Å². The molecule has 5 nitrogen and oxygen atoms in total. The maximum Gasteiger partial charge on any atom is 0.268 e. The van der Waals surface area contributed by atoms with E-state index in [2.05, 4.69) is 10.3 Å². The molecule has 2 aromatic rings. The molecule has 1 aromatic carbocycles. The first-order chi connectivity index (χ1) is 9.19. The molecule has 0 atom stereocenters. The fourth-order valence-electron chi connectivity index (χ4n) is 1.38. The highest BCUT2D eigenvalue weighted by molar-refractivity contribution is 7.13. The number of phenols is 1.